The molecule has 2 saturated heterocycles. The zero-order valence-corrected chi connectivity index (χ0v) is 24.9. The number of H-pyrrole nitrogens is 1. The van der Waals surface area contributed by atoms with Crippen molar-refractivity contribution in [3.63, 3.8) is 0 Å². The first kappa shape index (κ1) is 36.1. The number of ether oxygens (including phenoxy) is 3. The van der Waals surface area contributed by atoms with Crippen LogP contribution in [-0.4, -0.2) is 112 Å². The van der Waals surface area contributed by atoms with Crippen molar-refractivity contribution in [3.05, 3.63) is 73.0 Å². The summed E-state index contributed by atoms with van der Waals surface area (Å²) in [6.07, 6.45) is -15.8. The molecular weight excluding hydrogens is 672 g/mol. The van der Waals surface area contributed by atoms with Crippen molar-refractivity contribution in [3.8, 4) is 0 Å². The standard InChI is InChI=1S/C22H29N3O19P2/c26-14-5-6-24(22(32)23-14)20-18(30)16(28)13(41-20)9-40-45(35,36)44-46(37,38)43-21-19(31)17(29)15(27)12(42-21)8-39-7-10-3-1-2-4-11(10)25(33)34/h1-6,12-13,15-21,27-31H,7-9H2,(H,35,36)(H,37,38)(H,23,26,32)/t12-,13-,15+,16-,17+,18-,19-,20-,21-/m1/s1. The zero-order chi connectivity index (χ0) is 34.0. The van der Waals surface area contributed by atoms with Gasteiger partial charge in [0.15, 0.2) is 12.5 Å². The molecule has 0 radical (unpaired) electrons. The molecule has 4 rings (SSSR count). The van der Waals surface area contributed by atoms with Gasteiger partial charge in [-0.15, -0.1) is 0 Å². The lowest BCUT2D eigenvalue weighted by Crippen LogP contribution is -2.59. The average molecular weight is 701 g/mol. The molecule has 1 aromatic heterocycles. The highest BCUT2D eigenvalue weighted by atomic mass is 31.3. The van der Waals surface area contributed by atoms with Crippen molar-refractivity contribution in [1.29, 1.82) is 0 Å². The highest BCUT2D eigenvalue weighted by Crippen LogP contribution is 2.61. The Kier molecular flexibility index (Phi) is 11.4. The molecule has 256 valence electrons. The molecule has 11 atom stereocenters. The topological polar surface area (TPSA) is 329 Å². The number of nitrogens with one attached hydrogen (secondary N) is 1. The van der Waals surface area contributed by atoms with Crippen molar-refractivity contribution in [2.24, 2.45) is 0 Å². The summed E-state index contributed by atoms with van der Waals surface area (Å²) >= 11 is 0. The maximum atomic E-state index is 12.5. The van der Waals surface area contributed by atoms with E-state index in [0.717, 1.165) is 12.3 Å². The summed E-state index contributed by atoms with van der Waals surface area (Å²) < 4.78 is 54.8. The van der Waals surface area contributed by atoms with Gasteiger partial charge in [0.05, 0.1) is 30.3 Å². The van der Waals surface area contributed by atoms with Gasteiger partial charge < -0.3 is 49.5 Å². The largest absolute Gasteiger partial charge is 0.483 e. The van der Waals surface area contributed by atoms with Gasteiger partial charge in [0.1, 0.15) is 42.7 Å². The number of aromatic nitrogens is 2. The van der Waals surface area contributed by atoms with Crippen molar-refractivity contribution in [2.45, 2.75) is 61.9 Å². The number of aliphatic hydroxyl groups excluding tert-OH is 5. The van der Waals surface area contributed by atoms with Crippen LogP contribution in [0, 0.1) is 10.1 Å². The van der Waals surface area contributed by atoms with E-state index in [1.165, 1.54) is 24.3 Å². The quantitative estimate of drug-likeness (QED) is 0.0600. The van der Waals surface area contributed by atoms with E-state index in [1.54, 1.807) is 0 Å². The first-order chi connectivity index (χ1) is 21.5. The highest BCUT2D eigenvalue weighted by molar-refractivity contribution is 7.61. The van der Waals surface area contributed by atoms with Crippen LogP contribution in [0.3, 0.4) is 0 Å². The van der Waals surface area contributed by atoms with E-state index in [9.17, 15) is 64.2 Å². The van der Waals surface area contributed by atoms with E-state index in [1.807, 2.05) is 4.98 Å². The molecule has 2 aliphatic heterocycles. The second-order valence-electron chi connectivity index (χ2n) is 9.90. The molecule has 0 bridgehead atoms. The Morgan fingerprint density at radius 1 is 0.891 bits per heavy atom. The monoisotopic (exact) mass is 701 g/mol. The van der Waals surface area contributed by atoms with Crippen LogP contribution in [0.25, 0.3) is 0 Å². The van der Waals surface area contributed by atoms with Gasteiger partial charge in [-0.05, 0) is 6.07 Å². The van der Waals surface area contributed by atoms with Crippen LogP contribution in [0.15, 0.2) is 46.1 Å². The molecule has 0 amide bonds. The lowest BCUT2D eigenvalue weighted by Gasteiger charge is -2.40. The molecule has 22 nitrogen and oxygen atoms in total. The Bertz CT molecular complexity index is 1600. The summed E-state index contributed by atoms with van der Waals surface area (Å²) in [5.41, 5.74) is -1.91. The zero-order valence-electron chi connectivity index (χ0n) is 23.1. The normalized spacial score (nSPS) is 32.5. The maximum Gasteiger partial charge on any atom is 0.483 e. The summed E-state index contributed by atoms with van der Waals surface area (Å²) in [6, 6.07) is 6.46. The fraction of sp³-hybridized carbons (Fsp3) is 0.545. The van der Waals surface area contributed by atoms with Gasteiger partial charge >= 0.3 is 21.3 Å². The second-order valence-corrected chi connectivity index (χ2v) is 12.9. The molecule has 0 aliphatic carbocycles. The number of nitro benzene ring substituents is 1. The fourth-order valence-corrected chi connectivity index (χ4v) is 6.59. The van der Waals surface area contributed by atoms with Crippen LogP contribution in [0.4, 0.5) is 5.69 Å². The van der Waals surface area contributed by atoms with Crippen LogP contribution in [0.1, 0.15) is 11.8 Å². The number of aromatic amines is 1. The Morgan fingerprint density at radius 2 is 1.54 bits per heavy atom. The third-order valence-corrected chi connectivity index (χ3v) is 9.30. The van der Waals surface area contributed by atoms with E-state index in [4.69, 9.17) is 14.2 Å². The van der Waals surface area contributed by atoms with Crippen LogP contribution >= 0.6 is 15.6 Å². The van der Waals surface area contributed by atoms with E-state index in [2.05, 4.69) is 13.4 Å². The van der Waals surface area contributed by atoms with E-state index in [0.29, 0.717) is 4.57 Å². The predicted molar refractivity (Wildman–Crippen MR) is 144 cm³/mol. The minimum Gasteiger partial charge on any atom is -0.387 e. The Labute approximate surface area is 256 Å². The second kappa shape index (κ2) is 14.6. The molecule has 2 unspecified atom stereocenters. The van der Waals surface area contributed by atoms with Crippen LogP contribution in [0.2, 0.25) is 0 Å². The molecule has 1 aromatic carbocycles. The van der Waals surface area contributed by atoms with Crippen LogP contribution in [-0.2, 0) is 43.3 Å². The summed E-state index contributed by atoms with van der Waals surface area (Å²) in [4.78, 5) is 55.7. The molecule has 2 fully saturated rings. The fourth-order valence-electron chi connectivity index (χ4n) is 4.43. The molecule has 8 N–H and O–H groups in total. The molecule has 2 aromatic rings. The minimum absolute atomic E-state index is 0.143. The number of benzene rings is 1. The van der Waals surface area contributed by atoms with Gasteiger partial charge in [0, 0.05) is 18.3 Å². The Hall–Kier alpha value is -2.76. The summed E-state index contributed by atoms with van der Waals surface area (Å²) in [5, 5.41) is 62.3. The lowest BCUT2D eigenvalue weighted by molar-refractivity contribution is -0.386. The van der Waals surface area contributed by atoms with Gasteiger partial charge in [-0.25, -0.2) is 13.9 Å². The van der Waals surface area contributed by atoms with Crippen molar-refractivity contribution >= 4 is 21.3 Å². The molecule has 46 heavy (non-hydrogen) atoms. The molecule has 24 heteroatoms. The van der Waals surface area contributed by atoms with Crippen molar-refractivity contribution < 1.29 is 76.9 Å². The van der Waals surface area contributed by atoms with Gasteiger partial charge in [0.2, 0.25) is 0 Å². The molecule has 0 saturated carbocycles. The first-order valence-corrected chi connectivity index (χ1v) is 16.0. The number of hydrogen-bond donors (Lipinski definition) is 8. The lowest BCUT2D eigenvalue weighted by atomic mass is 9.99. The molecular formula is C22H29N3O19P2. The predicted octanol–water partition coefficient (Wildman–Crippen LogP) is -2.66. The SMILES string of the molecule is O=c1ccn([C@@H]2O[C@H](COP(=O)(O)OP(=O)(O)O[C@H]3O[C@H](COCc4ccccc4[N+](=O)[O-])[C@H](O)[C@H](O)[C@H]3O)[C@@H](O)[C@H]2O)c(=O)[nH]1. The van der Waals surface area contributed by atoms with E-state index in [-0.39, 0.29) is 17.9 Å². The van der Waals surface area contributed by atoms with Gasteiger partial charge in [-0.2, -0.15) is 4.31 Å². The van der Waals surface area contributed by atoms with Crippen LogP contribution in [0.5, 0.6) is 0 Å². The van der Waals surface area contributed by atoms with Crippen LogP contribution < -0.4 is 11.2 Å². The highest BCUT2D eigenvalue weighted by Gasteiger charge is 2.50. The average Bonchev–Trinajstić information content (AvgIpc) is 3.25. The van der Waals surface area contributed by atoms with Crippen molar-refractivity contribution in [2.75, 3.05) is 13.2 Å². The summed E-state index contributed by atoms with van der Waals surface area (Å²) in [6.45, 7) is -2.01. The summed E-state index contributed by atoms with van der Waals surface area (Å²) in [7, 11) is -11.3. The number of nitrogens with zero attached hydrogens (tertiary/aromatic N) is 2. The minimum atomic E-state index is -5.71. The van der Waals surface area contributed by atoms with E-state index < -0.39 is 100 Å². The molecule has 3 heterocycles. The number of hydrogen-bond acceptors (Lipinski definition) is 17. The van der Waals surface area contributed by atoms with Gasteiger partial charge in [-0.3, -0.25) is 33.5 Å². The van der Waals surface area contributed by atoms with E-state index >= 15 is 0 Å². The number of rotatable bonds is 13. The number of phosphoric acid groups is 2. The molecule has 0 spiro atoms. The number of phosphoric ester groups is 2. The van der Waals surface area contributed by atoms with Crippen molar-refractivity contribution in [1.82, 2.24) is 9.55 Å². The molecule has 2 aliphatic rings. The number of para-hydroxylation sites is 1. The smallest absolute Gasteiger partial charge is 0.387 e. The number of aliphatic hydroxyl groups is 5. The first-order valence-electron chi connectivity index (χ1n) is 13.0. The third-order valence-electron chi connectivity index (χ3n) is 6.70. The third kappa shape index (κ3) is 8.58. The summed E-state index contributed by atoms with van der Waals surface area (Å²) in [5.74, 6) is 0. The Balaban J connectivity index is 1.33. The van der Waals surface area contributed by atoms with Gasteiger partial charge in [0.25, 0.3) is 11.2 Å². The maximum absolute atomic E-state index is 12.5. The Morgan fingerprint density at radius 3 is 2.22 bits per heavy atom. The number of nitro groups is 1. The van der Waals surface area contributed by atoms with Gasteiger partial charge in [-0.1, -0.05) is 12.1 Å².